The van der Waals surface area contributed by atoms with E-state index in [0.717, 1.165) is 83.5 Å². The van der Waals surface area contributed by atoms with E-state index in [1.165, 1.54) is 32.1 Å². The predicted octanol–water partition coefficient (Wildman–Crippen LogP) is 9.83. The van der Waals surface area contributed by atoms with E-state index in [1.54, 1.807) is 6.08 Å². The minimum Gasteiger partial charge on any atom is -0.756 e. The van der Waals surface area contributed by atoms with Crippen LogP contribution in [0.15, 0.2) is 72.9 Å². The van der Waals surface area contributed by atoms with Crippen molar-refractivity contribution in [1.82, 2.24) is 5.32 Å². The number of aliphatic hydroxyl groups excluding tert-OH is 1. The maximum Gasteiger partial charge on any atom is 0.268 e. The fraction of sp³-hybridized carbons (Fsp3) is 0.690. The number of unbranched alkanes of at least 4 members (excludes halogenated alkanes) is 11. The SMILES string of the molecule is CC/C=C\C/C=C\C/C=C\C/C=C\CCCCCCCCCCC(=O)NC(COP(=O)([O-])OCC[N+](C)(C)C)C(O)/C=C/CC/C=C/CCCC. The van der Waals surface area contributed by atoms with E-state index >= 15 is 0 Å². The summed E-state index contributed by atoms with van der Waals surface area (Å²) in [5.41, 5.74) is 0. The lowest BCUT2D eigenvalue weighted by Crippen LogP contribution is -2.45. The van der Waals surface area contributed by atoms with Crippen LogP contribution in [0.4, 0.5) is 0 Å². The zero-order chi connectivity index (χ0) is 37.9. The first-order chi connectivity index (χ1) is 24.5. The summed E-state index contributed by atoms with van der Waals surface area (Å²) in [6, 6.07) is -0.908. The summed E-state index contributed by atoms with van der Waals surface area (Å²) in [7, 11) is 1.22. The number of phosphoric acid groups is 1. The molecule has 0 aromatic heterocycles. The van der Waals surface area contributed by atoms with Gasteiger partial charge in [-0.25, -0.2) is 0 Å². The molecule has 8 nitrogen and oxygen atoms in total. The lowest BCUT2D eigenvalue weighted by atomic mass is 10.1. The highest BCUT2D eigenvalue weighted by Gasteiger charge is 2.23. The number of amides is 1. The fourth-order valence-electron chi connectivity index (χ4n) is 4.97. The summed E-state index contributed by atoms with van der Waals surface area (Å²) < 4.78 is 23.0. The maximum atomic E-state index is 12.8. The molecule has 51 heavy (non-hydrogen) atoms. The van der Waals surface area contributed by atoms with Crippen LogP contribution in [0.5, 0.6) is 0 Å². The normalized spacial score (nSPS) is 15.4. The molecule has 0 rings (SSSR count). The highest BCUT2D eigenvalue weighted by atomic mass is 31.2. The molecule has 0 heterocycles. The Morgan fingerprint density at radius 2 is 1.22 bits per heavy atom. The predicted molar refractivity (Wildman–Crippen MR) is 214 cm³/mol. The molecule has 0 aromatic carbocycles. The van der Waals surface area contributed by atoms with Crippen molar-refractivity contribution in [3.05, 3.63) is 72.9 Å². The lowest BCUT2D eigenvalue weighted by molar-refractivity contribution is -0.870. The Morgan fingerprint density at radius 3 is 1.82 bits per heavy atom. The second-order valence-electron chi connectivity index (χ2n) is 14.2. The van der Waals surface area contributed by atoms with Crippen molar-refractivity contribution in [3.8, 4) is 0 Å². The molecular formula is C42H75N2O6P. The molecular weight excluding hydrogens is 659 g/mol. The highest BCUT2D eigenvalue weighted by Crippen LogP contribution is 2.38. The van der Waals surface area contributed by atoms with E-state index in [2.05, 4.69) is 79.9 Å². The van der Waals surface area contributed by atoms with Crippen molar-refractivity contribution < 1.29 is 32.9 Å². The molecule has 0 aliphatic rings. The van der Waals surface area contributed by atoms with Gasteiger partial charge in [0.15, 0.2) is 0 Å². The summed E-state index contributed by atoms with van der Waals surface area (Å²) in [6.07, 6.45) is 43.9. The zero-order valence-electron chi connectivity index (χ0n) is 33.0. The van der Waals surface area contributed by atoms with Crippen LogP contribution in [0.25, 0.3) is 0 Å². The molecule has 1 amide bonds. The first kappa shape index (κ1) is 48.9. The van der Waals surface area contributed by atoms with Crippen LogP contribution in [0.1, 0.15) is 136 Å². The number of phosphoric ester groups is 1. The summed E-state index contributed by atoms with van der Waals surface area (Å²) in [5, 5.41) is 13.6. The van der Waals surface area contributed by atoms with Gasteiger partial charge in [-0.2, -0.15) is 0 Å². The summed E-state index contributed by atoms with van der Waals surface area (Å²) in [5.74, 6) is -0.225. The second kappa shape index (κ2) is 33.8. The molecule has 0 bridgehead atoms. The van der Waals surface area contributed by atoms with Crippen LogP contribution in [0.2, 0.25) is 0 Å². The van der Waals surface area contributed by atoms with Crippen LogP contribution in [0, 0.1) is 0 Å². The van der Waals surface area contributed by atoms with Crippen molar-refractivity contribution in [3.63, 3.8) is 0 Å². The molecule has 0 aliphatic heterocycles. The first-order valence-electron chi connectivity index (χ1n) is 19.8. The Kier molecular flexibility index (Phi) is 32.4. The molecule has 0 fully saturated rings. The number of hydrogen-bond donors (Lipinski definition) is 2. The van der Waals surface area contributed by atoms with Gasteiger partial charge in [0.25, 0.3) is 7.82 Å². The Labute approximate surface area is 313 Å². The standard InChI is InChI=1S/C42H75N2O6P/c1-6-8-10-12-14-16-17-18-19-20-21-22-23-24-25-26-27-28-30-32-34-36-42(46)43-40(39-50-51(47,48)49-38-37-44(3,4)5)41(45)35-33-31-29-15-13-11-9-7-2/h8,10,13-16,18-19,21-22,33,35,40-41,45H,6-7,9,11-12,17,20,23-32,34,36-39H2,1-5H3,(H-,43,46,47,48)/b10-8-,15-13+,16-14-,19-18-,22-21-,35-33+. The number of quaternary nitrogens is 1. The van der Waals surface area contributed by atoms with Crippen molar-refractivity contribution >= 4 is 13.7 Å². The van der Waals surface area contributed by atoms with Gasteiger partial charge in [-0.05, 0) is 64.2 Å². The number of nitrogens with zero attached hydrogens (tertiary/aromatic N) is 1. The lowest BCUT2D eigenvalue weighted by Gasteiger charge is -2.29. The second-order valence-corrected chi connectivity index (χ2v) is 15.7. The first-order valence-corrected chi connectivity index (χ1v) is 21.3. The third-order valence-electron chi connectivity index (χ3n) is 8.15. The largest absolute Gasteiger partial charge is 0.756 e. The van der Waals surface area contributed by atoms with Crippen molar-refractivity contribution in [2.24, 2.45) is 0 Å². The number of rotatable bonds is 34. The summed E-state index contributed by atoms with van der Waals surface area (Å²) in [6.45, 7) is 4.39. The Morgan fingerprint density at radius 1 is 0.706 bits per heavy atom. The average molecular weight is 735 g/mol. The van der Waals surface area contributed by atoms with Crippen molar-refractivity contribution in [2.75, 3.05) is 40.9 Å². The van der Waals surface area contributed by atoms with Gasteiger partial charge >= 0.3 is 0 Å². The van der Waals surface area contributed by atoms with E-state index in [9.17, 15) is 19.4 Å². The zero-order valence-corrected chi connectivity index (χ0v) is 33.9. The molecule has 9 heteroatoms. The molecule has 2 N–H and O–H groups in total. The topological polar surface area (TPSA) is 108 Å². The van der Waals surface area contributed by atoms with Gasteiger partial charge < -0.3 is 28.8 Å². The van der Waals surface area contributed by atoms with Crippen molar-refractivity contribution in [2.45, 2.75) is 148 Å². The number of nitrogens with one attached hydrogen (secondary N) is 1. The molecule has 0 radical (unpaired) electrons. The van der Waals surface area contributed by atoms with Gasteiger partial charge in [-0.3, -0.25) is 9.36 Å². The minimum atomic E-state index is -4.59. The molecule has 0 spiro atoms. The van der Waals surface area contributed by atoms with Gasteiger partial charge in [0.05, 0.1) is 39.9 Å². The number of likely N-dealkylation sites (N-methyl/N-ethyl adjacent to an activating group) is 1. The molecule has 0 aromatic rings. The van der Waals surface area contributed by atoms with Crippen LogP contribution in [0.3, 0.4) is 0 Å². The Balaban J connectivity index is 4.36. The van der Waals surface area contributed by atoms with Gasteiger partial charge in [0.2, 0.25) is 5.91 Å². The maximum absolute atomic E-state index is 12.8. The van der Waals surface area contributed by atoms with Crippen LogP contribution >= 0.6 is 7.82 Å². The van der Waals surface area contributed by atoms with E-state index < -0.39 is 26.6 Å². The van der Waals surface area contributed by atoms with E-state index in [1.807, 2.05) is 27.2 Å². The molecule has 3 atom stereocenters. The van der Waals surface area contributed by atoms with E-state index in [0.29, 0.717) is 17.4 Å². The average Bonchev–Trinajstić information content (AvgIpc) is 3.07. The molecule has 0 saturated heterocycles. The number of hydrogen-bond acceptors (Lipinski definition) is 6. The highest BCUT2D eigenvalue weighted by molar-refractivity contribution is 7.45. The van der Waals surface area contributed by atoms with Crippen molar-refractivity contribution in [1.29, 1.82) is 0 Å². The molecule has 294 valence electrons. The quantitative estimate of drug-likeness (QED) is 0.0295. The Hall–Kier alpha value is -2.06. The summed E-state index contributed by atoms with van der Waals surface area (Å²) in [4.78, 5) is 25.1. The van der Waals surface area contributed by atoms with Gasteiger partial charge in [0, 0.05) is 6.42 Å². The third-order valence-corrected chi connectivity index (χ3v) is 9.11. The smallest absolute Gasteiger partial charge is 0.268 e. The molecule has 0 aliphatic carbocycles. The van der Waals surface area contributed by atoms with Gasteiger partial charge in [-0.1, -0.05) is 138 Å². The van der Waals surface area contributed by atoms with Gasteiger partial charge in [-0.15, -0.1) is 0 Å². The van der Waals surface area contributed by atoms with Gasteiger partial charge in [0.1, 0.15) is 13.2 Å². The monoisotopic (exact) mass is 735 g/mol. The number of aliphatic hydroxyl groups is 1. The molecule has 3 unspecified atom stereocenters. The summed E-state index contributed by atoms with van der Waals surface area (Å²) >= 11 is 0. The number of carbonyl (C=O) groups is 1. The molecule has 0 saturated carbocycles. The van der Waals surface area contributed by atoms with Crippen LogP contribution in [-0.4, -0.2) is 68.5 Å². The Bertz CT molecular complexity index is 1060. The van der Waals surface area contributed by atoms with Crippen LogP contribution < -0.4 is 10.2 Å². The number of carbonyl (C=O) groups excluding carboxylic acids is 1. The minimum absolute atomic E-state index is 0.0123. The number of allylic oxidation sites excluding steroid dienone is 11. The van der Waals surface area contributed by atoms with Crippen LogP contribution in [-0.2, 0) is 18.4 Å². The third kappa shape index (κ3) is 36.1. The fourth-order valence-corrected chi connectivity index (χ4v) is 5.69. The van der Waals surface area contributed by atoms with E-state index in [4.69, 9.17) is 9.05 Å². The van der Waals surface area contributed by atoms with E-state index in [-0.39, 0.29) is 12.5 Å².